The van der Waals surface area contributed by atoms with Crippen LogP contribution >= 0.6 is 0 Å². The molecule has 0 amide bonds. The van der Waals surface area contributed by atoms with Gasteiger partial charge in [-0.1, -0.05) is 0 Å². The Balaban J connectivity index is 0. The molecular formula is C7H7NaO4S. The second-order valence-electron chi connectivity index (χ2n) is 2.08. The van der Waals surface area contributed by atoms with Crippen molar-refractivity contribution >= 4 is 17.0 Å². The smallest absolute Gasteiger partial charge is 1.00 e. The zero-order chi connectivity index (χ0) is 9.14. The average Bonchev–Trinajstić information content (AvgIpc) is 2.04. The molecule has 1 aromatic carbocycles. The Hall–Kier alpha value is -0.200. The molecular weight excluding hydrogens is 203 g/mol. The standard InChI is InChI=1S/C7H6O4S.Na.H/c8-7(9)5-1-3-6(4-2-5)12(10)11;;/h1-4H,(H,8,9)(H,10,11);;/q;+1;-1. The fourth-order valence-corrected chi connectivity index (χ4v) is 1.08. The molecule has 6 heteroatoms. The van der Waals surface area contributed by atoms with Gasteiger partial charge in [-0.25, -0.2) is 9.00 Å². The second-order valence-corrected chi connectivity index (χ2v) is 3.05. The Morgan fingerprint density at radius 2 is 1.77 bits per heavy atom. The molecule has 2 N–H and O–H groups in total. The molecule has 0 saturated carbocycles. The monoisotopic (exact) mass is 210 g/mol. The molecule has 0 spiro atoms. The van der Waals surface area contributed by atoms with Crippen molar-refractivity contribution in [3.05, 3.63) is 29.8 Å². The predicted octanol–water partition coefficient (Wildman–Crippen LogP) is -1.92. The van der Waals surface area contributed by atoms with E-state index in [1.54, 1.807) is 0 Å². The summed E-state index contributed by atoms with van der Waals surface area (Å²) in [4.78, 5) is 10.5. The minimum absolute atomic E-state index is 0. The summed E-state index contributed by atoms with van der Waals surface area (Å²) in [5.74, 6) is -1.05. The van der Waals surface area contributed by atoms with E-state index in [1.807, 2.05) is 0 Å². The molecule has 66 valence electrons. The molecule has 0 aliphatic carbocycles. The van der Waals surface area contributed by atoms with Crippen molar-refractivity contribution in [2.45, 2.75) is 4.90 Å². The molecule has 0 fully saturated rings. The maximum atomic E-state index is 10.4. The van der Waals surface area contributed by atoms with E-state index < -0.39 is 17.0 Å². The predicted molar refractivity (Wildman–Crippen MR) is 43.6 cm³/mol. The molecule has 0 saturated heterocycles. The molecule has 1 aromatic rings. The third-order valence-electron chi connectivity index (χ3n) is 1.30. The Labute approximate surface area is 101 Å². The van der Waals surface area contributed by atoms with Crippen LogP contribution in [0.5, 0.6) is 0 Å². The average molecular weight is 210 g/mol. The minimum atomic E-state index is -2.04. The quantitative estimate of drug-likeness (QED) is 0.441. The summed E-state index contributed by atoms with van der Waals surface area (Å²) in [5, 5.41) is 8.48. The molecule has 4 nitrogen and oxygen atoms in total. The van der Waals surface area contributed by atoms with Gasteiger partial charge in [-0.05, 0) is 24.3 Å². The van der Waals surface area contributed by atoms with E-state index in [0.29, 0.717) is 0 Å². The normalized spacial score (nSPS) is 11.5. The zero-order valence-corrected chi connectivity index (χ0v) is 9.75. The molecule has 1 atom stereocenters. The van der Waals surface area contributed by atoms with Crippen molar-refractivity contribution in [1.82, 2.24) is 0 Å². The van der Waals surface area contributed by atoms with E-state index in [9.17, 15) is 9.00 Å². The summed E-state index contributed by atoms with van der Waals surface area (Å²) in [5.41, 5.74) is 0.101. The van der Waals surface area contributed by atoms with Crippen molar-refractivity contribution in [2.24, 2.45) is 0 Å². The molecule has 13 heavy (non-hydrogen) atoms. The van der Waals surface area contributed by atoms with Gasteiger partial charge in [0.2, 0.25) is 0 Å². The number of benzene rings is 1. The molecule has 0 radical (unpaired) electrons. The summed E-state index contributed by atoms with van der Waals surface area (Å²) in [6.45, 7) is 0. The van der Waals surface area contributed by atoms with Crippen LogP contribution in [0, 0.1) is 0 Å². The van der Waals surface area contributed by atoms with Gasteiger partial charge in [0.05, 0.1) is 10.5 Å². The Kier molecular flexibility index (Phi) is 5.43. The van der Waals surface area contributed by atoms with Crippen LogP contribution < -0.4 is 29.6 Å². The Bertz CT molecular complexity index is 294. The van der Waals surface area contributed by atoms with Gasteiger partial charge in [-0.3, -0.25) is 0 Å². The van der Waals surface area contributed by atoms with E-state index in [1.165, 1.54) is 24.3 Å². The Morgan fingerprint density at radius 3 is 2.08 bits per heavy atom. The van der Waals surface area contributed by atoms with Gasteiger partial charge in [0.15, 0.2) is 11.1 Å². The summed E-state index contributed by atoms with van der Waals surface area (Å²) < 4.78 is 19.0. The fraction of sp³-hybridized carbons (Fsp3) is 0. The van der Waals surface area contributed by atoms with Gasteiger partial charge in [0.1, 0.15) is 0 Å². The second kappa shape index (κ2) is 5.51. The number of hydrogen-bond acceptors (Lipinski definition) is 2. The van der Waals surface area contributed by atoms with E-state index in [4.69, 9.17) is 9.66 Å². The summed E-state index contributed by atoms with van der Waals surface area (Å²) >= 11 is -2.04. The first-order valence-electron chi connectivity index (χ1n) is 3.05. The minimum Gasteiger partial charge on any atom is -1.00 e. The number of carboxylic acids is 1. The summed E-state index contributed by atoms with van der Waals surface area (Å²) in [7, 11) is 0. The van der Waals surface area contributed by atoms with E-state index >= 15 is 0 Å². The number of carbonyl (C=O) groups is 1. The van der Waals surface area contributed by atoms with Crippen LogP contribution in [0.4, 0.5) is 0 Å². The molecule has 0 aliphatic rings. The van der Waals surface area contributed by atoms with Crippen LogP contribution in [0.1, 0.15) is 11.8 Å². The van der Waals surface area contributed by atoms with Gasteiger partial charge in [0, 0.05) is 0 Å². The number of carboxylic acid groups (broad SMARTS) is 1. The number of hydrogen-bond donors (Lipinski definition) is 2. The van der Waals surface area contributed by atoms with Crippen LogP contribution in [0.15, 0.2) is 29.2 Å². The van der Waals surface area contributed by atoms with Gasteiger partial charge in [-0.2, -0.15) is 0 Å². The van der Waals surface area contributed by atoms with Crippen LogP contribution in [0.3, 0.4) is 0 Å². The van der Waals surface area contributed by atoms with Crippen molar-refractivity contribution in [3.63, 3.8) is 0 Å². The van der Waals surface area contributed by atoms with Crippen molar-refractivity contribution < 1.29 is 49.6 Å². The van der Waals surface area contributed by atoms with Crippen LogP contribution in [0.25, 0.3) is 0 Å². The topological polar surface area (TPSA) is 74.6 Å². The largest absolute Gasteiger partial charge is 1.00 e. The van der Waals surface area contributed by atoms with Gasteiger partial charge < -0.3 is 11.1 Å². The zero-order valence-electron chi connectivity index (χ0n) is 7.93. The van der Waals surface area contributed by atoms with Crippen LogP contribution in [-0.4, -0.2) is 19.8 Å². The number of rotatable bonds is 2. The van der Waals surface area contributed by atoms with Crippen molar-refractivity contribution in [3.8, 4) is 0 Å². The molecule has 1 unspecified atom stereocenters. The summed E-state index contributed by atoms with van der Waals surface area (Å²) in [6.07, 6.45) is 0. The van der Waals surface area contributed by atoms with Gasteiger partial charge in [-0.15, -0.1) is 0 Å². The van der Waals surface area contributed by atoms with Crippen molar-refractivity contribution in [2.75, 3.05) is 0 Å². The van der Waals surface area contributed by atoms with Gasteiger partial charge >= 0.3 is 35.5 Å². The molecule has 0 aliphatic heterocycles. The SMILES string of the molecule is O=C(O)c1ccc(S(=O)O)cc1.[H-].[Na+]. The van der Waals surface area contributed by atoms with Crippen LogP contribution in [-0.2, 0) is 11.1 Å². The van der Waals surface area contributed by atoms with Crippen LogP contribution in [0.2, 0.25) is 0 Å². The first-order chi connectivity index (χ1) is 5.61. The maximum absolute atomic E-state index is 10.4. The van der Waals surface area contributed by atoms with E-state index in [2.05, 4.69) is 0 Å². The third kappa shape index (κ3) is 3.58. The summed E-state index contributed by atoms with van der Waals surface area (Å²) in [6, 6.07) is 5.18. The van der Waals surface area contributed by atoms with Gasteiger partial charge in [0.25, 0.3) is 0 Å². The molecule has 0 bridgehead atoms. The molecule has 0 heterocycles. The number of aromatic carboxylic acids is 1. The van der Waals surface area contributed by atoms with E-state index in [0.717, 1.165) is 0 Å². The fourth-order valence-electron chi connectivity index (χ4n) is 0.714. The first-order valence-corrected chi connectivity index (χ1v) is 4.16. The molecule has 0 aromatic heterocycles. The maximum Gasteiger partial charge on any atom is 1.00 e. The molecule has 1 rings (SSSR count). The third-order valence-corrected chi connectivity index (χ3v) is 1.98. The van der Waals surface area contributed by atoms with E-state index in [-0.39, 0.29) is 41.4 Å². The Morgan fingerprint density at radius 1 is 1.31 bits per heavy atom. The van der Waals surface area contributed by atoms with Crippen molar-refractivity contribution in [1.29, 1.82) is 0 Å². The first kappa shape index (κ1) is 12.8.